The molecule has 0 amide bonds. The van der Waals surface area contributed by atoms with Crippen molar-refractivity contribution in [1.29, 1.82) is 0 Å². The predicted octanol–water partition coefficient (Wildman–Crippen LogP) is 2.51. The molecule has 76 valence electrons. The number of halogens is 1. The first-order valence-electron chi connectivity index (χ1n) is 4.71. The number of nitrogens with zero attached hydrogens (tertiary/aromatic N) is 3. The molecule has 1 unspecified atom stereocenters. The van der Waals surface area contributed by atoms with Crippen LogP contribution in [-0.4, -0.2) is 26.7 Å². The van der Waals surface area contributed by atoms with Gasteiger partial charge in [0.25, 0.3) is 0 Å². The van der Waals surface area contributed by atoms with Gasteiger partial charge in [0.15, 0.2) is 5.15 Å². The summed E-state index contributed by atoms with van der Waals surface area (Å²) < 4.78 is 8.24. The van der Waals surface area contributed by atoms with Crippen LogP contribution in [0.3, 0.4) is 0 Å². The second-order valence-electron chi connectivity index (χ2n) is 3.23. The lowest BCUT2D eigenvalue weighted by Crippen LogP contribution is -2.30. The Morgan fingerprint density at radius 1 is 1.64 bits per heavy atom. The number of aromatic nitrogens is 2. The molecule has 0 spiro atoms. The molecule has 0 saturated heterocycles. The maximum absolute atomic E-state index is 5.97. The summed E-state index contributed by atoms with van der Waals surface area (Å²) in [6.45, 7) is 4.24. The minimum atomic E-state index is 0.222. The quantitative estimate of drug-likeness (QED) is 0.730. The van der Waals surface area contributed by atoms with Crippen molar-refractivity contribution in [2.75, 3.05) is 13.1 Å². The molecule has 3 nitrogen and oxygen atoms in total. The standard InChI is InChI=1S/C9H12ClN3S/c1-2-13-6-4-3-5-7(13)8-9(10)12-14-11-8/h3,5,7H,2,4,6H2,1H3. The molecule has 14 heavy (non-hydrogen) atoms. The third kappa shape index (κ3) is 1.82. The van der Waals surface area contributed by atoms with Gasteiger partial charge >= 0.3 is 0 Å². The Kier molecular flexibility index (Phi) is 3.15. The third-order valence-electron chi connectivity index (χ3n) is 2.45. The van der Waals surface area contributed by atoms with Crippen molar-refractivity contribution in [2.45, 2.75) is 19.4 Å². The number of hydrogen-bond donors (Lipinski definition) is 0. The van der Waals surface area contributed by atoms with Gasteiger partial charge < -0.3 is 0 Å². The van der Waals surface area contributed by atoms with Gasteiger partial charge in [-0.1, -0.05) is 30.7 Å². The van der Waals surface area contributed by atoms with Gasteiger partial charge in [0.1, 0.15) is 5.69 Å². The number of rotatable bonds is 2. The van der Waals surface area contributed by atoms with Gasteiger partial charge in [0.05, 0.1) is 17.8 Å². The molecule has 0 N–H and O–H groups in total. The zero-order valence-electron chi connectivity index (χ0n) is 7.98. The van der Waals surface area contributed by atoms with Crippen molar-refractivity contribution >= 4 is 23.3 Å². The van der Waals surface area contributed by atoms with Crippen LogP contribution in [0.15, 0.2) is 12.2 Å². The summed E-state index contributed by atoms with van der Waals surface area (Å²) in [6.07, 6.45) is 5.46. The first kappa shape index (κ1) is 10.1. The van der Waals surface area contributed by atoms with Crippen LogP contribution in [0.25, 0.3) is 0 Å². The molecule has 0 aliphatic carbocycles. The molecule has 1 atom stereocenters. The topological polar surface area (TPSA) is 29.0 Å². The van der Waals surface area contributed by atoms with Crippen LogP contribution in [0.1, 0.15) is 25.1 Å². The van der Waals surface area contributed by atoms with Gasteiger partial charge in [0.2, 0.25) is 0 Å². The molecular weight excluding hydrogens is 218 g/mol. The molecule has 1 aliphatic heterocycles. The van der Waals surface area contributed by atoms with E-state index in [1.54, 1.807) is 0 Å². The highest BCUT2D eigenvalue weighted by Crippen LogP contribution is 2.29. The van der Waals surface area contributed by atoms with E-state index in [-0.39, 0.29) is 6.04 Å². The highest BCUT2D eigenvalue weighted by Gasteiger charge is 2.23. The first-order chi connectivity index (χ1) is 6.83. The molecule has 0 bridgehead atoms. The summed E-state index contributed by atoms with van der Waals surface area (Å²) in [5, 5.41) is 0.546. The fraction of sp³-hybridized carbons (Fsp3) is 0.556. The zero-order valence-corrected chi connectivity index (χ0v) is 9.55. The SMILES string of the molecule is CCN1CCC=CC1c1nsnc1Cl. The first-order valence-corrected chi connectivity index (χ1v) is 5.82. The second kappa shape index (κ2) is 4.38. The van der Waals surface area contributed by atoms with E-state index < -0.39 is 0 Å². The summed E-state index contributed by atoms with van der Waals surface area (Å²) in [5.74, 6) is 0. The van der Waals surface area contributed by atoms with Crippen molar-refractivity contribution < 1.29 is 0 Å². The third-order valence-corrected chi connectivity index (χ3v) is 3.37. The van der Waals surface area contributed by atoms with Gasteiger partial charge in [-0.2, -0.15) is 8.75 Å². The van der Waals surface area contributed by atoms with Crippen LogP contribution >= 0.6 is 23.3 Å². The van der Waals surface area contributed by atoms with E-state index in [0.29, 0.717) is 5.15 Å². The van der Waals surface area contributed by atoms with Gasteiger partial charge in [-0.3, -0.25) is 4.90 Å². The summed E-state index contributed by atoms with van der Waals surface area (Å²) in [5.41, 5.74) is 0.898. The van der Waals surface area contributed by atoms with Crippen LogP contribution in [0.4, 0.5) is 0 Å². The largest absolute Gasteiger partial charge is 0.291 e. The van der Waals surface area contributed by atoms with Crippen molar-refractivity contribution in [3.05, 3.63) is 23.0 Å². The average Bonchev–Trinajstić information content (AvgIpc) is 2.64. The van der Waals surface area contributed by atoms with Gasteiger partial charge in [-0.05, 0) is 13.0 Å². The molecule has 0 saturated carbocycles. The van der Waals surface area contributed by atoms with E-state index in [4.69, 9.17) is 11.6 Å². The Bertz CT molecular complexity index is 337. The Balaban J connectivity index is 2.27. The van der Waals surface area contributed by atoms with Crippen LogP contribution < -0.4 is 0 Å². The highest BCUT2D eigenvalue weighted by atomic mass is 35.5. The fourth-order valence-electron chi connectivity index (χ4n) is 1.71. The van der Waals surface area contributed by atoms with Crippen molar-refractivity contribution in [1.82, 2.24) is 13.6 Å². The molecule has 2 rings (SSSR count). The monoisotopic (exact) mass is 229 g/mol. The van der Waals surface area contributed by atoms with Crippen LogP contribution in [-0.2, 0) is 0 Å². The number of hydrogen-bond acceptors (Lipinski definition) is 4. The van der Waals surface area contributed by atoms with E-state index in [2.05, 4.69) is 32.7 Å². The minimum absolute atomic E-state index is 0.222. The molecule has 0 aromatic carbocycles. The van der Waals surface area contributed by atoms with E-state index in [1.807, 2.05) is 0 Å². The molecule has 0 radical (unpaired) electrons. The Labute approximate surface area is 92.7 Å². The lowest BCUT2D eigenvalue weighted by atomic mass is 10.1. The van der Waals surface area contributed by atoms with Gasteiger partial charge in [-0.25, -0.2) is 0 Å². The zero-order chi connectivity index (χ0) is 9.97. The van der Waals surface area contributed by atoms with Crippen LogP contribution in [0, 0.1) is 0 Å². The van der Waals surface area contributed by atoms with E-state index in [1.165, 1.54) is 11.7 Å². The molecule has 0 fully saturated rings. The Morgan fingerprint density at radius 2 is 2.50 bits per heavy atom. The summed E-state index contributed by atoms with van der Waals surface area (Å²) in [6, 6.07) is 0.222. The maximum Gasteiger partial charge on any atom is 0.168 e. The minimum Gasteiger partial charge on any atom is -0.291 e. The average molecular weight is 230 g/mol. The summed E-state index contributed by atoms with van der Waals surface area (Å²) in [4.78, 5) is 2.35. The fourth-order valence-corrected chi connectivity index (χ4v) is 2.49. The van der Waals surface area contributed by atoms with E-state index in [9.17, 15) is 0 Å². The van der Waals surface area contributed by atoms with Crippen molar-refractivity contribution in [2.24, 2.45) is 0 Å². The van der Waals surface area contributed by atoms with E-state index in [0.717, 1.165) is 25.2 Å². The van der Waals surface area contributed by atoms with Gasteiger partial charge in [-0.15, -0.1) is 0 Å². The van der Waals surface area contributed by atoms with Crippen molar-refractivity contribution in [3.8, 4) is 0 Å². The van der Waals surface area contributed by atoms with Crippen molar-refractivity contribution in [3.63, 3.8) is 0 Å². The van der Waals surface area contributed by atoms with Crippen LogP contribution in [0.2, 0.25) is 5.15 Å². The molecule has 1 aromatic rings. The molecule has 5 heteroatoms. The molecule has 1 aliphatic rings. The molecule has 2 heterocycles. The predicted molar refractivity (Wildman–Crippen MR) is 58.7 cm³/mol. The maximum atomic E-state index is 5.97. The highest BCUT2D eigenvalue weighted by molar-refractivity contribution is 6.99. The Hall–Kier alpha value is -0.450. The summed E-state index contributed by atoms with van der Waals surface area (Å²) in [7, 11) is 0. The number of likely N-dealkylation sites (N-methyl/N-ethyl adjacent to an activating group) is 1. The lowest BCUT2D eigenvalue weighted by molar-refractivity contribution is 0.235. The van der Waals surface area contributed by atoms with Crippen LogP contribution in [0.5, 0.6) is 0 Å². The summed E-state index contributed by atoms with van der Waals surface area (Å²) >= 11 is 7.15. The molecular formula is C9H12ClN3S. The second-order valence-corrected chi connectivity index (χ2v) is 4.12. The van der Waals surface area contributed by atoms with E-state index >= 15 is 0 Å². The van der Waals surface area contributed by atoms with Gasteiger partial charge in [0, 0.05) is 6.54 Å². The lowest BCUT2D eigenvalue weighted by Gasteiger charge is -2.29. The smallest absolute Gasteiger partial charge is 0.168 e. The Morgan fingerprint density at radius 3 is 3.14 bits per heavy atom. The normalized spacial score (nSPS) is 22.9. The molecule has 1 aromatic heterocycles.